The van der Waals surface area contributed by atoms with Gasteiger partial charge >= 0.3 is 6.03 Å². The van der Waals surface area contributed by atoms with E-state index in [4.69, 9.17) is 11.6 Å². The van der Waals surface area contributed by atoms with Gasteiger partial charge in [0.05, 0.1) is 6.54 Å². The van der Waals surface area contributed by atoms with Crippen LogP contribution in [0.4, 0.5) is 4.79 Å². The Balaban J connectivity index is 1.46. The first-order valence-corrected chi connectivity index (χ1v) is 10.8. The van der Waals surface area contributed by atoms with E-state index < -0.39 is 5.66 Å². The van der Waals surface area contributed by atoms with Crippen LogP contribution in [0.2, 0.25) is 5.02 Å². The molecule has 31 heavy (non-hydrogen) atoms. The minimum atomic E-state index is -0.884. The number of amides is 3. The first-order valence-electron chi connectivity index (χ1n) is 10.4. The van der Waals surface area contributed by atoms with Crippen LogP contribution in [-0.2, 0) is 18.6 Å². The van der Waals surface area contributed by atoms with Crippen molar-refractivity contribution in [3.05, 3.63) is 94.8 Å². The zero-order valence-electron chi connectivity index (χ0n) is 17.0. The molecule has 158 valence electrons. The third-order valence-corrected chi connectivity index (χ3v) is 6.46. The van der Waals surface area contributed by atoms with Gasteiger partial charge in [-0.3, -0.25) is 9.69 Å². The standard InChI is InChI=1S/C24H23ClN4O2/c25-20-10-8-19(9-11-20)24-17-27-14-4-7-21(27)22(30)28(24)15-16-29(24)23(31)26-13-12-18-5-2-1-3-6-18/h1-11,14H,12-13,15-17H2,(H,26,31). The van der Waals surface area contributed by atoms with Gasteiger partial charge in [0.25, 0.3) is 5.91 Å². The number of benzene rings is 2. The fraction of sp³-hybridized carbons (Fsp3) is 0.250. The normalized spacial score (nSPS) is 19.8. The van der Waals surface area contributed by atoms with Crippen molar-refractivity contribution in [1.29, 1.82) is 0 Å². The minimum absolute atomic E-state index is 0.0641. The molecule has 5 rings (SSSR count). The third-order valence-electron chi connectivity index (χ3n) is 6.21. The van der Waals surface area contributed by atoms with Crippen molar-refractivity contribution in [2.45, 2.75) is 18.6 Å². The molecule has 7 heteroatoms. The molecule has 2 aliphatic rings. The molecule has 0 spiro atoms. The van der Waals surface area contributed by atoms with Gasteiger partial charge in [-0.15, -0.1) is 0 Å². The van der Waals surface area contributed by atoms with Gasteiger partial charge in [-0.1, -0.05) is 54.1 Å². The average Bonchev–Trinajstić information content (AvgIpc) is 3.41. The second kappa shape index (κ2) is 7.78. The summed E-state index contributed by atoms with van der Waals surface area (Å²) >= 11 is 6.13. The molecule has 0 bridgehead atoms. The summed E-state index contributed by atoms with van der Waals surface area (Å²) in [6.45, 7) is 1.96. The van der Waals surface area contributed by atoms with Crippen molar-refractivity contribution < 1.29 is 9.59 Å². The van der Waals surface area contributed by atoms with Crippen LogP contribution in [0.15, 0.2) is 72.9 Å². The number of fused-ring (bicyclic) bond motifs is 2. The summed E-state index contributed by atoms with van der Waals surface area (Å²) in [4.78, 5) is 30.2. The smallest absolute Gasteiger partial charge is 0.319 e. The molecular weight excluding hydrogens is 412 g/mol. The van der Waals surface area contributed by atoms with E-state index in [0.717, 1.165) is 12.0 Å². The molecule has 1 saturated heterocycles. The maximum Gasteiger partial charge on any atom is 0.319 e. The van der Waals surface area contributed by atoms with Crippen LogP contribution >= 0.6 is 11.6 Å². The maximum atomic E-state index is 13.3. The van der Waals surface area contributed by atoms with Crippen molar-refractivity contribution in [1.82, 2.24) is 19.7 Å². The summed E-state index contributed by atoms with van der Waals surface area (Å²) in [5, 5.41) is 3.68. The van der Waals surface area contributed by atoms with Gasteiger partial charge in [0.1, 0.15) is 5.69 Å². The van der Waals surface area contributed by atoms with Crippen LogP contribution in [0, 0.1) is 0 Å². The molecule has 6 nitrogen and oxygen atoms in total. The summed E-state index contributed by atoms with van der Waals surface area (Å²) in [5.74, 6) is -0.0641. The molecule has 3 aromatic rings. The van der Waals surface area contributed by atoms with Crippen molar-refractivity contribution in [3.8, 4) is 0 Å². The van der Waals surface area contributed by atoms with E-state index in [9.17, 15) is 9.59 Å². The fourth-order valence-corrected chi connectivity index (χ4v) is 4.85. The van der Waals surface area contributed by atoms with Gasteiger partial charge < -0.3 is 14.8 Å². The molecular formula is C24H23ClN4O2. The SMILES string of the molecule is O=C(NCCc1ccccc1)N1CCN2C(=O)c3cccn3CC12c1ccc(Cl)cc1. The van der Waals surface area contributed by atoms with E-state index in [2.05, 4.69) is 5.32 Å². The fourth-order valence-electron chi connectivity index (χ4n) is 4.72. The number of carbonyl (C=O) groups is 2. The maximum absolute atomic E-state index is 13.3. The first kappa shape index (κ1) is 19.7. The highest BCUT2D eigenvalue weighted by Gasteiger charge is 2.55. The molecule has 0 radical (unpaired) electrons. The zero-order chi connectivity index (χ0) is 21.4. The summed E-state index contributed by atoms with van der Waals surface area (Å²) in [6.07, 6.45) is 2.64. The van der Waals surface area contributed by atoms with Crippen LogP contribution < -0.4 is 5.32 Å². The Bertz CT molecular complexity index is 1110. The number of hydrogen-bond donors (Lipinski definition) is 1. The summed E-state index contributed by atoms with van der Waals surface area (Å²) in [7, 11) is 0. The molecule has 2 aliphatic heterocycles. The van der Waals surface area contributed by atoms with Crippen molar-refractivity contribution >= 4 is 23.5 Å². The van der Waals surface area contributed by atoms with Crippen LogP contribution in [0.3, 0.4) is 0 Å². The molecule has 0 saturated carbocycles. The Kier molecular flexibility index (Phi) is 4.94. The van der Waals surface area contributed by atoms with Crippen molar-refractivity contribution in [2.75, 3.05) is 19.6 Å². The molecule has 3 amide bonds. The molecule has 1 atom stereocenters. The monoisotopic (exact) mass is 434 g/mol. The third kappa shape index (κ3) is 3.27. The molecule has 1 fully saturated rings. The quantitative estimate of drug-likeness (QED) is 0.680. The second-order valence-corrected chi connectivity index (χ2v) is 8.36. The summed E-state index contributed by atoms with van der Waals surface area (Å²) in [6, 6.07) is 21.0. The highest BCUT2D eigenvalue weighted by Crippen LogP contribution is 2.43. The number of halogens is 1. The molecule has 2 aromatic carbocycles. The van der Waals surface area contributed by atoms with Crippen LogP contribution in [0.1, 0.15) is 21.6 Å². The van der Waals surface area contributed by atoms with Gasteiger partial charge in [0, 0.05) is 36.4 Å². The van der Waals surface area contributed by atoms with E-state index in [-0.39, 0.29) is 11.9 Å². The van der Waals surface area contributed by atoms with E-state index in [1.54, 1.807) is 4.90 Å². The van der Waals surface area contributed by atoms with Crippen LogP contribution in [0.25, 0.3) is 0 Å². The van der Waals surface area contributed by atoms with E-state index >= 15 is 0 Å². The second-order valence-electron chi connectivity index (χ2n) is 7.92. The minimum Gasteiger partial charge on any atom is -0.339 e. The van der Waals surface area contributed by atoms with Crippen molar-refractivity contribution in [3.63, 3.8) is 0 Å². The van der Waals surface area contributed by atoms with Gasteiger partial charge in [-0.05, 0) is 36.2 Å². The molecule has 0 aliphatic carbocycles. The number of hydrogen-bond acceptors (Lipinski definition) is 2. The molecule has 1 N–H and O–H groups in total. The lowest BCUT2D eigenvalue weighted by molar-refractivity contribution is 0.00464. The number of nitrogens with zero attached hydrogens (tertiary/aromatic N) is 3. The topological polar surface area (TPSA) is 57.6 Å². The highest BCUT2D eigenvalue weighted by atomic mass is 35.5. The van der Waals surface area contributed by atoms with Gasteiger partial charge in [-0.2, -0.15) is 0 Å². The van der Waals surface area contributed by atoms with E-state index in [1.807, 2.05) is 82.4 Å². The lowest BCUT2D eigenvalue weighted by atomic mass is 9.94. The largest absolute Gasteiger partial charge is 0.339 e. The Morgan fingerprint density at radius 2 is 1.77 bits per heavy atom. The van der Waals surface area contributed by atoms with Crippen molar-refractivity contribution in [2.24, 2.45) is 0 Å². The average molecular weight is 435 g/mol. The van der Waals surface area contributed by atoms with E-state index in [0.29, 0.717) is 36.9 Å². The Hall–Kier alpha value is -3.25. The number of nitrogens with one attached hydrogen (secondary N) is 1. The molecule has 1 unspecified atom stereocenters. The predicted octanol–water partition coefficient (Wildman–Crippen LogP) is 3.72. The number of rotatable bonds is 4. The summed E-state index contributed by atoms with van der Waals surface area (Å²) in [5.41, 5.74) is 1.81. The van der Waals surface area contributed by atoms with Gasteiger partial charge in [0.15, 0.2) is 5.66 Å². The first-order chi connectivity index (χ1) is 15.1. The van der Waals surface area contributed by atoms with Gasteiger partial charge in [0.2, 0.25) is 0 Å². The molecule has 1 aromatic heterocycles. The Morgan fingerprint density at radius 3 is 2.55 bits per heavy atom. The number of carbonyl (C=O) groups excluding carboxylic acids is 2. The lowest BCUT2D eigenvalue weighted by Crippen LogP contribution is -2.61. The predicted molar refractivity (Wildman–Crippen MR) is 119 cm³/mol. The van der Waals surface area contributed by atoms with E-state index in [1.165, 1.54) is 5.56 Å². The highest BCUT2D eigenvalue weighted by molar-refractivity contribution is 6.30. The molecule has 3 heterocycles. The lowest BCUT2D eigenvalue weighted by Gasteiger charge is -2.47. The zero-order valence-corrected chi connectivity index (χ0v) is 17.8. The Morgan fingerprint density at radius 1 is 1.00 bits per heavy atom. The van der Waals surface area contributed by atoms with Gasteiger partial charge in [-0.25, -0.2) is 4.79 Å². The van der Waals surface area contributed by atoms with Crippen LogP contribution in [-0.4, -0.2) is 45.9 Å². The van der Waals surface area contributed by atoms with Crippen LogP contribution in [0.5, 0.6) is 0 Å². The number of urea groups is 1. The Labute approximate surface area is 186 Å². The summed E-state index contributed by atoms with van der Waals surface area (Å²) < 4.78 is 1.93. The number of aromatic nitrogens is 1.